The molecule has 0 saturated carbocycles. The van der Waals surface area contributed by atoms with Gasteiger partial charge in [0.25, 0.3) is 0 Å². The van der Waals surface area contributed by atoms with Gasteiger partial charge in [-0.2, -0.15) is 0 Å². The van der Waals surface area contributed by atoms with Crippen molar-refractivity contribution in [3.8, 4) is 0 Å². The molecule has 0 aliphatic heterocycles. The van der Waals surface area contributed by atoms with Gasteiger partial charge in [0.15, 0.2) is 0 Å². The molecule has 0 heterocycles. The molecule has 1 amide bonds. The van der Waals surface area contributed by atoms with Crippen molar-refractivity contribution in [2.75, 3.05) is 6.54 Å². The molecule has 0 rings (SSSR count). The number of carbonyl (C=O) groups is 1. The summed E-state index contributed by atoms with van der Waals surface area (Å²) in [6.45, 7) is 9.21. The Hall–Kier alpha value is -0.570. The second kappa shape index (κ2) is 7.69. The number of hydrogen-bond donors (Lipinski definition) is 2. The highest BCUT2D eigenvalue weighted by molar-refractivity contribution is 5.81. The van der Waals surface area contributed by atoms with Crippen LogP contribution in [0.2, 0.25) is 0 Å². The first-order valence-electron chi connectivity index (χ1n) is 6.04. The van der Waals surface area contributed by atoms with Crippen molar-refractivity contribution in [2.24, 2.45) is 17.6 Å². The first kappa shape index (κ1) is 14.4. The fourth-order valence-electron chi connectivity index (χ4n) is 1.57. The Kier molecular flexibility index (Phi) is 7.39. The average Bonchev–Trinajstić information content (AvgIpc) is 2.18. The molecule has 0 unspecified atom stereocenters. The van der Waals surface area contributed by atoms with Gasteiger partial charge in [0.05, 0.1) is 6.04 Å². The van der Waals surface area contributed by atoms with E-state index in [9.17, 15) is 4.79 Å². The number of nitrogens with one attached hydrogen (secondary N) is 1. The molecule has 0 radical (unpaired) electrons. The molecule has 1 atom stereocenters. The molecule has 0 aromatic heterocycles. The standard InChI is InChI=1S/C12H26N2O/c1-5-10(6-2)8-14-12(15)11(13)7-9(3)4/h9-11H,5-8,13H2,1-4H3,(H,14,15)/t11-/m0/s1. The zero-order valence-electron chi connectivity index (χ0n) is 10.5. The quantitative estimate of drug-likeness (QED) is 0.680. The van der Waals surface area contributed by atoms with Crippen LogP contribution in [0.15, 0.2) is 0 Å². The summed E-state index contributed by atoms with van der Waals surface area (Å²) in [6.07, 6.45) is 2.97. The average molecular weight is 214 g/mol. The van der Waals surface area contributed by atoms with Gasteiger partial charge in [-0.15, -0.1) is 0 Å². The minimum Gasteiger partial charge on any atom is -0.354 e. The van der Waals surface area contributed by atoms with E-state index in [0.717, 1.165) is 25.8 Å². The van der Waals surface area contributed by atoms with Crippen LogP contribution in [0.5, 0.6) is 0 Å². The van der Waals surface area contributed by atoms with E-state index in [1.54, 1.807) is 0 Å². The third kappa shape index (κ3) is 6.50. The Bertz CT molecular complexity index is 176. The van der Waals surface area contributed by atoms with Crippen LogP contribution in [0.3, 0.4) is 0 Å². The lowest BCUT2D eigenvalue weighted by Crippen LogP contribution is -2.43. The summed E-state index contributed by atoms with van der Waals surface area (Å²) in [5.74, 6) is 1.05. The van der Waals surface area contributed by atoms with Gasteiger partial charge >= 0.3 is 0 Å². The van der Waals surface area contributed by atoms with Crippen molar-refractivity contribution >= 4 is 5.91 Å². The van der Waals surface area contributed by atoms with Gasteiger partial charge in [-0.05, 0) is 18.3 Å². The van der Waals surface area contributed by atoms with Crippen LogP contribution in [0.1, 0.15) is 47.0 Å². The molecule has 0 aliphatic rings. The molecular weight excluding hydrogens is 188 g/mol. The highest BCUT2D eigenvalue weighted by Gasteiger charge is 2.15. The Morgan fingerprint density at radius 1 is 1.27 bits per heavy atom. The third-order valence-corrected chi connectivity index (χ3v) is 2.78. The van der Waals surface area contributed by atoms with Crippen LogP contribution in [0.4, 0.5) is 0 Å². The molecule has 0 aliphatic carbocycles. The van der Waals surface area contributed by atoms with Crippen LogP contribution >= 0.6 is 0 Å². The third-order valence-electron chi connectivity index (χ3n) is 2.78. The van der Waals surface area contributed by atoms with Crippen molar-refractivity contribution in [2.45, 2.75) is 53.0 Å². The molecule has 3 heteroatoms. The molecule has 0 aromatic carbocycles. The Balaban J connectivity index is 3.81. The summed E-state index contributed by atoms with van der Waals surface area (Å²) in [5.41, 5.74) is 5.78. The maximum atomic E-state index is 11.6. The molecule has 0 saturated heterocycles. The normalized spacial score (nSPS) is 13.3. The summed E-state index contributed by atoms with van der Waals surface area (Å²) < 4.78 is 0. The van der Waals surface area contributed by atoms with Gasteiger partial charge in [-0.1, -0.05) is 40.5 Å². The molecular formula is C12H26N2O. The van der Waals surface area contributed by atoms with Crippen LogP contribution in [0.25, 0.3) is 0 Å². The minimum absolute atomic E-state index is 0.00407. The lowest BCUT2D eigenvalue weighted by atomic mass is 10.0. The fourth-order valence-corrected chi connectivity index (χ4v) is 1.57. The Labute approximate surface area is 93.8 Å². The van der Waals surface area contributed by atoms with Crippen LogP contribution in [0, 0.1) is 11.8 Å². The summed E-state index contributed by atoms with van der Waals surface area (Å²) in [5, 5.41) is 2.93. The van der Waals surface area contributed by atoms with Crippen molar-refractivity contribution in [3.63, 3.8) is 0 Å². The minimum atomic E-state index is -0.348. The second-order valence-corrected chi connectivity index (χ2v) is 4.66. The molecule has 3 nitrogen and oxygen atoms in total. The fraction of sp³-hybridized carbons (Fsp3) is 0.917. The molecule has 0 aromatic rings. The van der Waals surface area contributed by atoms with E-state index < -0.39 is 0 Å². The SMILES string of the molecule is CCC(CC)CNC(=O)[C@@H](N)CC(C)C. The van der Waals surface area contributed by atoms with Crippen molar-refractivity contribution in [1.82, 2.24) is 5.32 Å². The highest BCUT2D eigenvalue weighted by Crippen LogP contribution is 2.06. The molecule has 90 valence electrons. The largest absolute Gasteiger partial charge is 0.354 e. The summed E-state index contributed by atoms with van der Waals surface area (Å²) in [6, 6.07) is -0.348. The van der Waals surface area contributed by atoms with E-state index in [0.29, 0.717) is 11.8 Å². The van der Waals surface area contributed by atoms with E-state index in [1.807, 2.05) is 0 Å². The van der Waals surface area contributed by atoms with Gasteiger partial charge in [-0.25, -0.2) is 0 Å². The van der Waals surface area contributed by atoms with Gasteiger partial charge in [0, 0.05) is 6.54 Å². The van der Waals surface area contributed by atoms with Crippen LogP contribution in [-0.2, 0) is 4.79 Å². The maximum absolute atomic E-state index is 11.6. The number of carbonyl (C=O) groups excluding carboxylic acids is 1. The number of hydrogen-bond acceptors (Lipinski definition) is 2. The molecule has 0 fully saturated rings. The Morgan fingerprint density at radius 3 is 2.20 bits per heavy atom. The van der Waals surface area contributed by atoms with Crippen LogP contribution < -0.4 is 11.1 Å². The van der Waals surface area contributed by atoms with Crippen LogP contribution in [-0.4, -0.2) is 18.5 Å². The Morgan fingerprint density at radius 2 is 1.80 bits per heavy atom. The lowest BCUT2D eigenvalue weighted by molar-refractivity contribution is -0.122. The van der Waals surface area contributed by atoms with E-state index >= 15 is 0 Å². The number of amides is 1. The first-order valence-corrected chi connectivity index (χ1v) is 6.04. The van der Waals surface area contributed by atoms with E-state index in [2.05, 4.69) is 33.0 Å². The zero-order valence-corrected chi connectivity index (χ0v) is 10.5. The monoisotopic (exact) mass is 214 g/mol. The molecule has 15 heavy (non-hydrogen) atoms. The van der Waals surface area contributed by atoms with E-state index in [4.69, 9.17) is 5.73 Å². The van der Waals surface area contributed by atoms with Crippen molar-refractivity contribution in [1.29, 1.82) is 0 Å². The molecule has 3 N–H and O–H groups in total. The lowest BCUT2D eigenvalue weighted by Gasteiger charge is -2.17. The highest BCUT2D eigenvalue weighted by atomic mass is 16.2. The molecule has 0 spiro atoms. The topological polar surface area (TPSA) is 55.1 Å². The zero-order chi connectivity index (χ0) is 11.8. The van der Waals surface area contributed by atoms with Crippen molar-refractivity contribution in [3.05, 3.63) is 0 Å². The van der Waals surface area contributed by atoms with E-state index in [-0.39, 0.29) is 11.9 Å². The summed E-state index contributed by atoms with van der Waals surface area (Å²) in [7, 11) is 0. The number of nitrogens with two attached hydrogens (primary N) is 1. The van der Waals surface area contributed by atoms with Crippen molar-refractivity contribution < 1.29 is 4.79 Å². The summed E-state index contributed by atoms with van der Waals surface area (Å²) >= 11 is 0. The maximum Gasteiger partial charge on any atom is 0.236 e. The summed E-state index contributed by atoms with van der Waals surface area (Å²) in [4.78, 5) is 11.6. The van der Waals surface area contributed by atoms with Gasteiger partial charge in [-0.3, -0.25) is 4.79 Å². The van der Waals surface area contributed by atoms with Gasteiger partial charge in [0.2, 0.25) is 5.91 Å². The predicted octanol–water partition coefficient (Wildman–Crippen LogP) is 1.91. The molecule has 0 bridgehead atoms. The van der Waals surface area contributed by atoms with Gasteiger partial charge < -0.3 is 11.1 Å². The first-order chi connectivity index (χ1) is 7.01. The van der Waals surface area contributed by atoms with Gasteiger partial charge in [0.1, 0.15) is 0 Å². The second-order valence-electron chi connectivity index (χ2n) is 4.66. The van der Waals surface area contributed by atoms with E-state index in [1.165, 1.54) is 0 Å². The number of rotatable bonds is 7. The smallest absolute Gasteiger partial charge is 0.236 e. The predicted molar refractivity (Wildman–Crippen MR) is 64.5 cm³/mol.